The number of aliphatic hydroxyl groups is 1. The number of pyridine rings is 2. The van der Waals surface area contributed by atoms with Gasteiger partial charge >= 0.3 is 0 Å². The number of fused-ring (bicyclic) bond motifs is 1. The zero-order chi connectivity index (χ0) is 35.4. The highest BCUT2D eigenvalue weighted by atomic mass is 35.5. The molecule has 0 saturated carbocycles. The van der Waals surface area contributed by atoms with Gasteiger partial charge in [0.15, 0.2) is 0 Å². The van der Waals surface area contributed by atoms with Crippen molar-refractivity contribution in [3.05, 3.63) is 92.9 Å². The summed E-state index contributed by atoms with van der Waals surface area (Å²) in [4.78, 5) is 21.2. The third-order valence-corrected chi connectivity index (χ3v) is 9.78. The maximum Gasteiger partial charge on any atom is 0.220 e. The van der Waals surface area contributed by atoms with E-state index in [1.807, 2.05) is 66.7 Å². The highest BCUT2D eigenvalue weighted by Crippen LogP contribution is 2.43. The SMILES string of the molecule is COc1nc(-c2cccc(-c3cccc(-c4ccc5c(OC)c(CNCC(C)O)cc(Cl)c5n4)c3Cl)c2Cl)ccc1CNCC1CCC(=O)N1. The molecule has 0 radical (unpaired) electrons. The van der Waals surface area contributed by atoms with Crippen molar-refractivity contribution in [2.24, 2.45) is 0 Å². The molecule has 260 valence electrons. The average Bonchev–Trinajstić information content (AvgIpc) is 3.53. The van der Waals surface area contributed by atoms with E-state index in [2.05, 4.69) is 16.0 Å². The zero-order valence-electron chi connectivity index (χ0n) is 27.9. The lowest BCUT2D eigenvalue weighted by atomic mass is 9.97. The van der Waals surface area contributed by atoms with Crippen molar-refractivity contribution in [2.45, 2.75) is 45.0 Å². The van der Waals surface area contributed by atoms with Gasteiger partial charge in [0.2, 0.25) is 11.8 Å². The molecule has 5 aromatic rings. The Kier molecular flexibility index (Phi) is 11.4. The van der Waals surface area contributed by atoms with Crippen molar-refractivity contribution >= 4 is 51.6 Å². The molecule has 9 nitrogen and oxygen atoms in total. The summed E-state index contributed by atoms with van der Waals surface area (Å²) in [7, 11) is 3.21. The molecule has 6 rings (SSSR count). The largest absolute Gasteiger partial charge is 0.496 e. The summed E-state index contributed by atoms with van der Waals surface area (Å²) >= 11 is 21.0. The van der Waals surface area contributed by atoms with Crippen LogP contribution < -0.4 is 25.4 Å². The van der Waals surface area contributed by atoms with E-state index in [0.29, 0.717) is 76.2 Å². The third kappa shape index (κ3) is 7.68. The maximum absolute atomic E-state index is 11.5. The van der Waals surface area contributed by atoms with E-state index >= 15 is 0 Å². The minimum absolute atomic E-state index is 0.0947. The summed E-state index contributed by atoms with van der Waals surface area (Å²) < 4.78 is 11.4. The lowest BCUT2D eigenvalue weighted by molar-refractivity contribution is -0.119. The fourth-order valence-corrected chi connectivity index (χ4v) is 7.17. The van der Waals surface area contributed by atoms with Gasteiger partial charge in [-0.3, -0.25) is 4.79 Å². The minimum Gasteiger partial charge on any atom is -0.496 e. The first kappa shape index (κ1) is 35.9. The number of amides is 1. The van der Waals surface area contributed by atoms with Crippen LogP contribution in [0.15, 0.2) is 66.7 Å². The molecule has 12 heteroatoms. The summed E-state index contributed by atoms with van der Waals surface area (Å²) in [6.07, 6.45) is 0.924. The number of benzene rings is 3. The Morgan fingerprint density at radius 1 is 0.860 bits per heavy atom. The molecular formula is C38H38Cl3N5O4. The number of carbonyl (C=O) groups excluding carboxylic acids is 1. The van der Waals surface area contributed by atoms with E-state index in [9.17, 15) is 9.90 Å². The topological polar surface area (TPSA) is 118 Å². The Balaban J connectivity index is 1.28. The van der Waals surface area contributed by atoms with Crippen LogP contribution in [0.4, 0.5) is 0 Å². The molecule has 1 aliphatic heterocycles. The smallest absolute Gasteiger partial charge is 0.220 e. The molecule has 0 aliphatic carbocycles. The van der Waals surface area contributed by atoms with Gasteiger partial charge in [0, 0.05) is 77.4 Å². The van der Waals surface area contributed by atoms with Gasteiger partial charge in [0.05, 0.1) is 52.3 Å². The fourth-order valence-electron chi connectivity index (χ4n) is 6.24. The number of nitrogens with zero attached hydrogens (tertiary/aromatic N) is 2. The van der Waals surface area contributed by atoms with Crippen LogP contribution in [0.3, 0.4) is 0 Å². The molecule has 1 saturated heterocycles. The number of methoxy groups -OCH3 is 2. The molecule has 0 spiro atoms. The first-order valence-electron chi connectivity index (χ1n) is 16.4. The van der Waals surface area contributed by atoms with Crippen molar-refractivity contribution in [2.75, 3.05) is 27.3 Å². The number of rotatable bonds is 13. The second-order valence-electron chi connectivity index (χ2n) is 12.3. The number of hydrogen-bond donors (Lipinski definition) is 4. The number of nitrogens with one attached hydrogen (secondary N) is 3. The molecule has 0 bridgehead atoms. The van der Waals surface area contributed by atoms with E-state index in [-0.39, 0.29) is 11.9 Å². The van der Waals surface area contributed by atoms with Crippen LogP contribution in [0.5, 0.6) is 11.6 Å². The molecule has 2 unspecified atom stereocenters. The predicted molar refractivity (Wildman–Crippen MR) is 200 cm³/mol. The molecule has 1 amide bonds. The summed E-state index contributed by atoms with van der Waals surface area (Å²) in [5.74, 6) is 1.25. The minimum atomic E-state index is -0.474. The standard InChI is InChI=1S/C38H38Cl3N5O4/c1-21(47)17-42-19-23-16-30(39)36-29(37(23)49-2)12-14-31(45-36)27-8-4-6-25(34(27)40)26-7-5-9-28(35(26)41)32-13-10-22(38(46-32)50-3)18-43-20-24-11-15-33(48)44-24/h4-10,12-14,16,21,24,42-43,47H,11,15,17-20H2,1-3H3,(H,44,48). The molecule has 50 heavy (non-hydrogen) atoms. The number of carbonyl (C=O) groups is 1. The Labute approximate surface area is 306 Å². The van der Waals surface area contributed by atoms with E-state index in [0.717, 1.165) is 45.2 Å². The van der Waals surface area contributed by atoms with Crippen LogP contribution in [-0.2, 0) is 17.9 Å². The van der Waals surface area contributed by atoms with Crippen LogP contribution >= 0.6 is 34.8 Å². The van der Waals surface area contributed by atoms with Gasteiger partial charge in [-0.15, -0.1) is 0 Å². The highest BCUT2D eigenvalue weighted by molar-refractivity contribution is 6.39. The molecular weight excluding hydrogens is 697 g/mol. The van der Waals surface area contributed by atoms with Crippen molar-refractivity contribution in [1.82, 2.24) is 25.9 Å². The number of halogens is 3. The molecule has 4 N–H and O–H groups in total. The Morgan fingerprint density at radius 2 is 1.50 bits per heavy atom. The van der Waals surface area contributed by atoms with E-state index in [1.165, 1.54) is 0 Å². The van der Waals surface area contributed by atoms with E-state index in [1.54, 1.807) is 21.1 Å². The highest BCUT2D eigenvalue weighted by Gasteiger charge is 2.21. The number of hydrogen-bond acceptors (Lipinski definition) is 8. The van der Waals surface area contributed by atoms with Crippen molar-refractivity contribution in [3.8, 4) is 45.3 Å². The summed E-state index contributed by atoms with van der Waals surface area (Å²) in [5, 5.41) is 21.5. The number of ether oxygens (including phenoxy) is 2. The first-order chi connectivity index (χ1) is 24.2. The molecule has 1 fully saturated rings. The quantitative estimate of drug-likeness (QED) is 0.0987. The maximum atomic E-state index is 11.5. The third-order valence-electron chi connectivity index (χ3n) is 8.68. The van der Waals surface area contributed by atoms with Crippen LogP contribution in [0.2, 0.25) is 15.1 Å². The molecule has 3 heterocycles. The van der Waals surface area contributed by atoms with E-state index in [4.69, 9.17) is 54.2 Å². The fraction of sp³-hybridized carbons (Fsp3) is 0.289. The molecule has 2 atom stereocenters. The zero-order valence-corrected chi connectivity index (χ0v) is 30.2. The van der Waals surface area contributed by atoms with Gasteiger partial charge < -0.3 is 30.5 Å². The van der Waals surface area contributed by atoms with Gasteiger partial charge in [-0.2, -0.15) is 0 Å². The van der Waals surface area contributed by atoms with Gasteiger partial charge in [-0.05, 0) is 37.6 Å². The lowest BCUT2D eigenvalue weighted by Gasteiger charge is -2.16. The van der Waals surface area contributed by atoms with Crippen LogP contribution in [0.25, 0.3) is 44.5 Å². The number of aliphatic hydroxyl groups excluding tert-OH is 1. The van der Waals surface area contributed by atoms with Gasteiger partial charge in [0.25, 0.3) is 0 Å². The lowest BCUT2D eigenvalue weighted by Crippen LogP contribution is -2.35. The van der Waals surface area contributed by atoms with Crippen LogP contribution in [0.1, 0.15) is 30.9 Å². The van der Waals surface area contributed by atoms with Gasteiger partial charge in [-0.25, -0.2) is 9.97 Å². The monoisotopic (exact) mass is 733 g/mol. The van der Waals surface area contributed by atoms with Gasteiger partial charge in [-0.1, -0.05) is 77.3 Å². The summed E-state index contributed by atoms with van der Waals surface area (Å²) in [5.41, 5.74) is 6.60. The predicted octanol–water partition coefficient (Wildman–Crippen LogP) is 7.45. The van der Waals surface area contributed by atoms with Gasteiger partial charge in [0.1, 0.15) is 5.75 Å². The average molecular weight is 735 g/mol. The second-order valence-corrected chi connectivity index (χ2v) is 13.4. The van der Waals surface area contributed by atoms with Crippen LogP contribution in [-0.4, -0.2) is 60.4 Å². The molecule has 3 aromatic carbocycles. The number of aromatic nitrogens is 2. The normalized spacial score (nSPS) is 14.9. The Hall–Kier alpha value is -3.96. The van der Waals surface area contributed by atoms with Crippen molar-refractivity contribution in [3.63, 3.8) is 0 Å². The molecule has 2 aromatic heterocycles. The molecule has 1 aliphatic rings. The summed E-state index contributed by atoms with van der Waals surface area (Å²) in [6, 6.07) is 21.2. The first-order valence-corrected chi connectivity index (χ1v) is 17.5. The summed E-state index contributed by atoms with van der Waals surface area (Å²) in [6.45, 7) is 3.86. The Bertz CT molecular complexity index is 2040. The van der Waals surface area contributed by atoms with E-state index < -0.39 is 6.10 Å². The Morgan fingerprint density at radius 3 is 2.12 bits per heavy atom. The van der Waals surface area contributed by atoms with Crippen molar-refractivity contribution < 1.29 is 19.4 Å². The van der Waals surface area contributed by atoms with Crippen LogP contribution in [0, 0.1) is 0 Å². The van der Waals surface area contributed by atoms with Crippen molar-refractivity contribution in [1.29, 1.82) is 0 Å². The second kappa shape index (κ2) is 15.9.